The van der Waals surface area contributed by atoms with E-state index in [0.29, 0.717) is 24.3 Å². The summed E-state index contributed by atoms with van der Waals surface area (Å²) in [6, 6.07) is 23.4. The zero-order valence-electron chi connectivity index (χ0n) is 17.3. The van der Waals surface area contributed by atoms with E-state index in [0.717, 1.165) is 17.7 Å². The SMILES string of the molecule is Cc1cccc(NS(=O)(=O)c2cccc(C(=O)N3CCC(Nc4ccccc4)C3)c2)c1. The summed E-state index contributed by atoms with van der Waals surface area (Å²) in [4.78, 5) is 14.8. The number of hydrogen-bond donors (Lipinski definition) is 2. The van der Waals surface area contributed by atoms with Crippen molar-refractivity contribution in [3.05, 3.63) is 90.0 Å². The molecule has 0 spiro atoms. The molecular formula is C24H25N3O3S. The number of para-hydroxylation sites is 1. The lowest BCUT2D eigenvalue weighted by Gasteiger charge is -2.18. The predicted octanol–water partition coefficient (Wildman–Crippen LogP) is 4.12. The first-order valence-electron chi connectivity index (χ1n) is 10.2. The second kappa shape index (κ2) is 8.81. The lowest BCUT2D eigenvalue weighted by molar-refractivity contribution is 0.0791. The number of aryl methyl sites for hydroxylation is 1. The van der Waals surface area contributed by atoms with Crippen molar-refractivity contribution in [2.45, 2.75) is 24.3 Å². The van der Waals surface area contributed by atoms with Crippen LogP contribution < -0.4 is 10.0 Å². The summed E-state index contributed by atoms with van der Waals surface area (Å²) in [7, 11) is -3.79. The largest absolute Gasteiger partial charge is 0.380 e. The van der Waals surface area contributed by atoms with Crippen LogP contribution in [0.1, 0.15) is 22.3 Å². The van der Waals surface area contributed by atoms with Crippen molar-refractivity contribution < 1.29 is 13.2 Å². The normalized spacial score (nSPS) is 16.2. The van der Waals surface area contributed by atoms with E-state index in [-0.39, 0.29) is 16.8 Å². The van der Waals surface area contributed by atoms with Crippen molar-refractivity contribution in [3.63, 3.8) is 0 Å². The number of nitrogens with zero attached hydrogens (tertiary/aromatic N) is 1. The summed E-state index contributed by atoms with van der Waals surface area (Å²) in [5.74, 6) is -0.162. The number of nitrogens with one attached hydrogen (secondary N) is 2. The zero-order chi connectivity index (χ0) is 21.8. The number of rotatable bonds is 6. The van der Waals surface area contributed by atoms with Gasteiger partial charge in [0, 0.05) is 36.1 Å². The van der Waals surface area contributed by atoms with Gasteiger partial charge < -0.3 is 10.2 Å². The quantitative estimate of drug-likeness (QED) is 0.610. The van der Waals surface area contributed by atoms with Crippen LogP contribution in [0.2, 0.25) is 0 Å². The summed E-state index contributed by atoms with van der Waals surface area (Å²) in [5.41, 5.74) is 2.84. The molecular weight excluding hydrogens is 410 g/mol. The van der Waals surface area contributed by atoms with Gasteiger partial charge in [-0.05, 0) is 61.4 Å². The monoisotopic (exact) mass is 435 g/mol. The lowest BCUT2D eigenvalue weighted by Crippen LogP contribution is -2.31. The van der Waals surface area contributed by atoms with Gasteiger partial charge in [-0.2, -0.15) is 0 Å². The minimum atomic E-state index is -3.79. The molecule has 1 saturated heterocycles. The molecule has 1 fully saturated rings. The van der Waals surface area contributed by atoms with Gasteiger partial charge in [-0.3, -0.25) is 9.52 Å². The second-order valence-electron chi connectivity index (χ2n) is 7.75. The van der Waals surface area contributed by atoms with Gasteiger partial charge >= 0.3 is 0 Å². The van der Waals surface area contributed by atoms with E-state index in [2.05, 4.69) is 10.0 Å². The van der Waals surface area contributed by atoms with Crippen LogP contribution in [0.4, 0.5) is 11.4 Å². The fourth-order valence-electron chi connectivity index (χ4n) is 3.73. The molecule has 1 unspecified atom stereocenters. The van der Waals surface area contributed by atoms with Crippen LogP contribution in [0.3, 0.4) is 0 Å². The third kappa shape index (κ3) is 5.06. The van der Waals surface area contributed by atoms with Crippen LogP contribution in [0, 0.1) is 6.92 Å². The highest BCUT2D eigenvalue weighted by atomic mass is 32.2. The average Bonchev–Trinajstić information content (AvgIpc) is 3.22. The molecule has 1 heterocycles. The average molecular weight is 436 g/mol. The van der Waals surface area contributed by atoms with E-state index in [9.17, 15) is 13.2 Å². The Morgan fingerprint density at radius 3 is 2.45 bits per heavy atom. The molecule has 160 valence electrons. The molecule has 1 aliphatic rings. The van der Waals surface area contributed by atoms with E-state index in [4.69, 9.17) is 0 Å². The molecule has 1 amide bonds. The Balaban J connectivity index is 1.46. The van der Waals surface area contributed by atoms with E-state index >= 15 is 0 Å². The van der Waals surface area contributed by atoms with Gasteiger partial charge in [0.25, 0.3) is 15.9 Å². The van der Waals surface area contributed by atoms with Gasteiger partial charge in [0.1, 0.15) is 0 Å². The molecule has 7 heteroatoms. The van der Waals surface area contributed by atoms with Crippen molar-refractivity contribution in [3.8, 4) is 0 Å². The van der Waals surface area contributed by atoms with Crippen molar-refractivity contribution in [1.82, 2.24) is 4.90 Å². The predicted molar refractivity (Wildman–Crippen MR) is 123 cm³/mol. The molecule has 2 N–H and O–H groups in total. The molecule has 0 saturated carbocycles. The van der Waals surface area contributed by atoms with E-state index < -0.39 is 10.0 Å². The summed E-state index contributed by atoms with van der Waals surface area (Å²) >= 11 is 0. The summed E-state index contributed by atoms with van der Waals surface area (Å²) in [6.07, 6.45) is 0.841. The highest BCUT2D eigenvalue weighted by Gasteiger charge is 2.27. The number of carbonyl (C=O) groups is 1. The highest BCUT2D eigenvalue weighted by Crippen LogP contribution is 2.21. The molecule has 1 atom stereocenters. The Bertz CT molecular complexity index is 1180. The van der Waals surface area contributed by atoms with Gasteiger partial charge in [0.15, 0.2) is 0 Å². The van der Waals surface area contributed by atoms with Gasteiger partial charge in [0.05, 0.1) is 4.90 Å². The van der Waals surface area contributed by atoms with Crippen molar-refractivity contribution in [2.24, 2.45) is 0 Å². The molecule has 6 nitrogen and oxygen atoms in total. The lowest BCUT2D eigenvalue weighted by atomic mass is 10.2. The van der Waals surface area contributed by atoms with Gasteiger partial charge in [-0.15, -0.1) is 0 Å². The van der Waals surface area contributed by atoms with Crippen LogP contribution in [0.15, 0.2) is 83.8 Å². The zero-order valence-corrected chi connectivity index (χ0v) is 18.1. The maximum absolute atomic E-state index is 13.0. The summed E-state index contributed by atoms with van der Waals surface area (Å²) in [6.45, 7) is 3.10. The highest BCUT2D eigenvalue weighted by molar-refractivity contribution is 7.92. The fraction of sp³-hybridized carbons (Fsp3) is 0.208. The molecule has 3 aromatic carbocycles. The molecule has 0 aliphatic carbocycles. The van der Waals surface area contributed by atoms with Gasteiger partial charge in [-0.25, -0.2) is 8.42 Å². The van der Waals surface area contributed by atoms with E-state index in [1.807, 2.05) is 43.3 Å². The Kier molecular flexibility index (Phi) is 5.95. The molecule has 0 aromatic heterocycles. The van der Waals surface area contributed by atoms with Crippen LogP contribution in [0.25, 0.3) is 0 Å². The molecule has 0 bridgehead atoms. The summed E-state index contributed by atoms with van der Waals surface area (Å²) in [5, 5.41) is 3.44. The van der Waals surface area contributed by atoms with Gasteiger partial charge in [0.2, 0.25) is 0 Å². The van der Waals surface area contributed by atoms with Crippen LogP contribution in [-0.4, -0.2) is 38.4 Å². The first-order valence-corrected chi connectivity index (χ1v) is 11.7. The Hall–Kier alpha value is -3.32. The van der Waals surface area contributed by atoms with Crippen LogP contribution in [-0.2, 0) is 10.0 Å². The fourth-order valence-corrected chi connectivity index (χ4v) is 4.83. The number of likely N-dealkylation sites (tertiary alicyclic amines) is 1. The van der Waals surface area contributed by atoms with E-state index in [1.54, 1.807) is 35.2 Å². The molecule has 3 aromatic rings. The number of amides is 1. The van der Waals surface area contributed by atoms with Gasteiger partial charge in [-0.1, -0.05) is 36.4 Å². The second-order valence-corrected chi connectivity index (χ2v) is 9.43. The van der Waals surface area contributed by atoms with Crippen molar-refractivity contribution in [1.29, 1.82) is 0 Å². The standard InChI is InChI=1S/C24H25N3O3S/c1-18-7-5-11-21(15-18)26-31(29,30)23-12-6-8-19(16-23)24(28)27-14-13-22(17-27)25-20-9-3-2-4-10-20/h2-12,15-16,22,25-26H,13-14,17H2,1H3. The minimum absolute atomic E-state index is 0.0676. The number of anilines is 2. The van der Waals surface area contributed by atoms with Crippen molar-refractivity contribution >= 4 is 27.3 Å². The Morgan fingerprint density at radius 1 is 0.935 bits per heavy atom. The van der Waals surface area contributed by atoms with Crippen LogP contribution in [0.5, 0.6) is 0 Å². The minimum Gasteiger partial charge on any atom is -0.380 e. The first-order chi connectivity index (χ1) is 14.9. The molecule has 1 aliphatic heterocycles. The van der Waals surface area contributed by atoms with Crippen LogP contribution >= 0.6 is 0 Å². The third-order valence-electron chi connectivity index (χ3n) is 5.28. The van der Waals surface area contributed by atoms with Crippen molar-refractivity contribution in [2.75, 3.05) is 23.1 Å². The Labute approximate surface area is 183 Å². The summed E-state index contributed by atoms with van der Waals surface area (Å²) < 4.78 is 28.2. The van der Waals surface area contributed by atoms with E-state index in [1.165, 1.54) is 12.1 Å². The smallest absolute Gasteiger partial charge is 0.261 e. The topological polar surface area (TPSA) is 78.5 Å². The Morgan fingerprint density at radius 2 is 1.68 bits per heavy atom. The number of hydrogen-bond acceptors (Lipinski definition) is 4. The third-order valence-corrected chi connectivity index (χ3v) is 6.66. The molecule has 31 heavy (non-hydrogen) atoms. The number of carbonyl (C=O) groups excluding carboxylic acids is 1. The number of sulfonamides is 1. The maximum Gasteiger partial charge on any atom is 0.261 e. The number of benzene rings is 3. The first kappa shape index (κ1) is 20.9. The molecule has 4 rings (SSSR count). The maximum atomic E-state index is 13.0. The molecule has 0 radical (unpaired) electrons.